The molecule has 2 rings (SSSR count). The summed E-state index contributed by atoms with van der Waals surface area (Å²) in [6, 6.07) is 0. The van der Waals surface area contributed by atoms with Crippen LogP contribution in [0.1, 0.15) is 17.0 Å². The number of hydrogen-bond donors (Lipinski definition) is 1. The number of hydrogen-bond acceptors (Lipinski definition) is 4. The van der Waals surface area contributed by atoms with Crippen molar-refractivity contribution in [1.82, 2.24) is 14.9 Å². The van der Waals surface area contributed by atoms with Gasteiger partial charge in [-0.25, -0.2) is 9.97 Å². The van der Waals surface area contributed by atoms with E-state index in [1.54, 1.807) is 4.90 Å². The summed E-state index contributed by atoms with van der Waals surface area (Å²) < 4.78 is 0. The fourth-order valence-electron chi connectivity index (χ4n) is 1.40. The van der Waals surface area contributed by atoms with E-state index in [9.17, 15) is 4.79 Å². The molecule has 0 saturated carbocycles. The van der Waals surface area contributed by atoms with Crippen LogP contribution in [0.2, 0.25) is 0 Å². The molecular weight excluding hydrogens is 194 g/mol. The second kappa shape index (κ2) is 4.08. The minimum atomic E-state index is -0.195. The zero-order valence-corrected chi connectivity index (χ0v) is 8.13. The Bertz CT molecular complexity index is 386. The lowest BCUT2D eigenvalue weighted by atomic mass is 10.2. The molecule has 1 aliphatic heterocycles. The standard InChI is InChI=1S/C10H11N3O2/c14-8-6-11-9(12-7-8)10(15)13-4-2-1-3-5-13/h1-2,6-7,14H,3-5H2. The quantitative estimate of drug-likeness (QED) is 0.681. The van der Waals surface area contributed by atoms with Crippen LogP contribution in [0.4, 0.5) is 0 Å². The zero-order valence-electron chi connectivity index (χ0n) is 8.13. The van der Waals surface area contributed by atoms with E-state index in [4.69, 9.17) is 5.11 Å². The summed E-state index contributed by atoms with van der Waals surface area (Å²) in [5.74, 6) is -0.104. The van der Waals surface area contributed by atoms with Gasteiger partial charge in [-0.1, -0.05) is 12.2 Å². The molecule has 1 amide bonds. The van der Waals surface area contributed by atoms with Gasteiger partial charge in [0, 0.05) is 13.1 Å². The summed E-state index contributed by atoms with van der Waals surface area (Å²) in [5, 5.41) is 8.99. The van der Waals surface area contributed by atoms with Crippen LogP contribution in [-0.2, 0) is 0 Å². The molecule has 0 spiro atoms. The van der Waals surface area contributed by atoms with Crippen LogP contribution in [0, 0.1) is 0 Å². The van der Waals surface area contributed by atoms with Crippen LogP contribution >= 0.6 is 0 Å². The van der Waals surface area contributed by atoms with Crippen molar-refractivity contribution in [3.63, 3.8) is 0 Å². The summed E-state index contributed by atoms with van der Waals surface area (Å²) in [7, 11) is 0. The van der Waals surface area contributed by atoms with Crippen molar-refractivity contribution in [3.05, 3.63) is 30.4 Å². The molecule has 1 aromatic heterocycles. The van der Waals surface area contributed by atoms with Crippen molar-refractivity contribution in [3.8, 4) is 5.75 Å². The van der Waals surface area contributed by atoms with Gasteiger partial charge in [-0.3, -0.25) is 4.79 Å². The molecule has 0 atom stereocenters. The van der Waals surface area contributed by atoms with Crippen LogP contribution in [0.5, 0.6) is 5.75 Å². The molecule has 0 saturated heterocycles. The molecule has 78 valence electrons. The molecule has 0 aliphatic carbocycles. The second-order valence-electron chi connectivity index (χ2n) is 3.28. The smallest absolute Gasteiger partial charge is 0.291 e. The average Bonchev–Trinajstić information content (AvgIpc) is 2.30. The van der Waals surface area contributed by atoms with E-state index < -0.39 is 0 Å². The Morgan fingerprint density at radius 2 is 2.07 bits per heavy atom. The van der Waals surface area contributed by atoms with Crippen LogP contribution in [0.15, 0.2) is 24.5 Å². The predicted molar refractivity (Wildman–Crippen MR) is 53.4 cm³/mol. The summed E-state index contributed by atoms with van der Waals surface area (Å²) in [6.07, 6.45) is 7.30. The highest BCUT2D eigenvalue weighted by Gasteiger charge is 2.18. The van der Waals surface area contributed by atoms with Crippen molar-refractivity contribution in [2.75, 3.05) is 13.1 Å². The number of nitrogens with zero attached hydrogens (tertiary/aromatic N) is 3. The Morgan fingerprint density at radius 3 is 2.67 bits per heavy atom. The SMILES string of the molecule is O=C(c1ncc(O)cn1)N1CC=CCC1. The minimum Gasteiger partial charge on any atom is -0.505 e. The molecule has 0 bridgehead atoms. The van der Waals surface area contributed by atoms with Crippen molar-refractivity contribution in [2.24, 2.45) is 0 Å². The number of aromatic nitrogens is 2. The van der Waals surface area contributed by atoms with Crippen molar-refractivity contribution in [2.45, 2.75) is 6.42 Å². The van der Waals surface area contributed by atoms with Crippen LogP contribution in [0.3, 0.4) is 0 Å². The molecule has 1 aliphatic rings. The second-order valence-corrected chi connectivity index (χ2v) is 3.28. The van der Waals surface area contributed by atoms with Gasteiger partial charge in [0.2, 0.25) is 5.82 Å². The fourth-order valence-corrected chi connectivity index (χ4v) is 1.40. The first-order valence-corrected chi connectivity index (χ1v) is 4.72. The monoisotopic (exact) mass is 205 g/mol. The van der Waals surface area contributed by atoms with Crippen LogP contribution in [-0.4, -0.2) is 39.0 Å². The lowest BCUT2D eigenvalue weighted by Crippen LogP contribution is -2.34. The lowest BCUT2D eigenvalue weighted by Gasteiger charge is -2.22. The third kappa shape index (κ3) is 2.12. The first-order chi connectivity index (χ1) is 7.27. The van der Waals surface area contributed by atoms with Gasteiger partial charge in [0.1, 0.15) is 0 Å². The van der Waals surface area contributed by atoms with Crippen molar-refractivity contribution in [1.29, 1.82) is 0 Å². The zero-order chi connectivity index (χ0) is 10.7. The predicted octanol–water partition coefficient (Wildman–Crippen LogP) is 0.584. The average molecular weight is 205 g/mol. The maximum atomic E-state index is 11.8. The fraction of sp³-hybridized carbons (Fsp3) is 0.300. The lowest BCUT2D eigenvalue weighted by molar-refractivity contribution is 0.0758. The van der Waals surface area contributed by atoms with Gasteiger partial charge in [0.15, 0.2) is 5.75 Å². The van der Waals surface area contributed by atoms with E-state index in [1.165, 1.54) is 12.4 Å². The number of carbonyl (C=O) groups excluding carboxylic acids is 1. The molecule has 15 heavy (non-hydrogen) atoms. The number of aromatic hydroxyl groups is 1. The highest BCUT2D eigenvalue weighted by atomic mass is 16.3. The summed E-state index contributed by atoms with van der Waals surface area (Å²) in [6.45, 7) is 1.29. The molecule has 5 nitrogen and oxygen atoms in total. The largest absolute Gasteiger partial charge is 0.505 e. The molecule has 0 aromatic carbocycles. The normalized spacial score (nSPS) is 15.3. The van der Waals surface area contributed by atoms with E-state index in [2.05, 4.69) is 9.97 Å². The number of amides is 1. The van der Waals surface area contributed by atoms with E-state index in [1.807, 2.05) is 12.2 Å². The van der Waals surface area contributed by atoms with Crippen molar-refractivity contribution >= 4 is 5.91 Å². The van der Waals surface area contributed by atoms with Gasteiger partial charge in [-0.05, 0) is 6.42 Å². The third-order valence-electron chi connectivity index (χ3n) is 2.17. The van der Waals surface area contributed by atoms with E-state index >= 15 is 0 Å². The van der Waals surface area contributed by atoms with Gasteiger partial charge in [0.05, 0.1) is 12.4 Å². The Labute approximate surface area is 87.1 Å². The van der Waals surface area contributed by atoms with Gasteiger partial charge < -0.3 is 10.0 Å². The van der Waals surface area contributed by atoms with E-state index in [0.29, 0.717) is 13.1 Å². The number of rotatable bonds is 1. The molecule has 2 heterocycles. The summed E-state index contributed by atoms with van der Waals surface area (Å²) in [4.78, 5) is 21.0. The molecule has 1 aromatic rings. The molecule has 1 N–H and O–H groups in total. The molecule has 0 fully saturated rings. The van der Waals surface area contributed by atoms with Gasteiger partial charge in [0.25, 0.3) is 5.91 Å². The van der Waals surface area contributed by atoms with Crippen LogP contribution in [0.25, 0.3) is 0 Å². The highest BCUT2D eigenvalue weighted by Crippen LogP contribution is 2.07. The Balaban J connectivity index is 2.13. The van der Waals surface area contributed by atoms with Crippen molar-refractivity contribution < 1.29 is 9.90 Å². The Morgan fingerprint density at radius 1 is 1.33 bits per heavy atom. The summed E-state index contributed by atoms with van der Waals surface area (Å²) >= 11 is 0. The van der Waals surface area contributed by atoms with Gasteiger partial charge >= 0.3 is 0 Å². The first kappa shape index (κ1) is 9.64. The summed E-state index contributed by atoms with van der Waals surface area (Å²) in [5.41, 5.74) is 0. The maximum Gasteiger partial charge on any atom is 0.291 e. The topological polar surface area (TPSA) is 66.3 Å². The van der Waals surface area contributed by atoms with Gasteiger partial charge in [-0.15, -0.1) is 0 Å². The molecular formula is C10H11N3O2. The Kier molecular flexibility index (Phi) is 2.62. The molecule has 5 heteroatoms. The van der Waals surface area contributed by atoms with E-state index in [0.717, 1.165) is 6.42 Å². The minimum absolute atomic E-state index is 0.0370. The first-order valence-electron chi connectivity index (χ1n) is 4.72. The van der Waals surface area contributed by atoms with Gasteiger partial charge in [-0.2, -0.15) is 0 Å². The third-order valence-corrected chi connectivity index (χ3v) is 2.17. The Hall–Kier alpha value is -1.91. The molecule has 0 radical (unpaired) electrons. The van der Waals surface area contributed by atoms with Crippen LogP contribution < -0.4 is 0 Å². The molecule has 0 unspecified atom stereocenters. The number of carbonyl (C=O) groups is 1. The maximum absolute atomic E-state index is 11.8. The highest BCUT2D eigenvalue weighted by molar-refractivity contribution is 5.90. The van der Waals surface area contributed by atoms with E-state index in [-0.39, 0.29) is 17.5 Å².